The lowest BCUT2D eigenvalue weighted by Crippen LogP contribution is -2.18. The van der Waals surface area contributed by atoms with E-state index in [1.54, 1.807) is 12.5 Å². The Bertz CT molecular complexity index is 206. The molecule has 2 atom stereocenters. The van der Waals surface area contributed by atoms with Gasteiger partial charge in [0.25, 0.3) is 0 Å². The van der Waals surface area contributed by atoms with E-state index in [-0.39, 0.29) is 6.04 Å². The van der Waals surface area contributed by atoms with Crippen LogP contribution in [0.4, 0.5) is 0 Å². The van der Waals surface area contributed by atoms with Crippen molar-refractivity contribution in [3.05, 3.63) is 24.2 Å². The molecule has 0 radical (unpaired) electrons. The average molecular weight is 167 g/mol. The Kier molecular flexibility index (Phi) is 3.35. The maximum absolute atomic E-state index is 6.01. The highest BCUT2D eigenvalue weighted by Crippen LogP contribution is 2.22. The van der Waals surface area contributed by atoms with E-state index in [9.17, 15) is 0 Å². The van der Waals surface area contributed by atoms with Crippen LogP contribution < -0.4 is 5.73 Å². The molecule has 0 fully saturated rings. The monoisotopic (exact) mass is 167 g/mol. The van der Waals surface area contributed by atoms with Crippen LogP contribution in [0.3, 0.4) is 0 Å². The third-order valence-corrected chi connectivity index (χ3v) is 2.29. The van der Waals surface area contributed by atoms with E-state index in [0.29, 0.717) is 5.92 Å². The standard InChI is InChI=1S/C10H17NO/c1-3-4-8(2)10(11)9-5-6-12-7-9/h5-8,10H,3-4,11H2,1-2H3. The Hall–Kier alpha value is -0.760. The quantitative estimate of drug-likeness (QED) is 0.748. The predicted octanol–water partition coefficient (Wildman–Crippen LogP) is 2.72. The number of furan rings is 1. The predicted molar refractivity (Wildman–Crippen MR) is 49.7 cm³/mol. The molecule has 0 aliphatic heterocycles. The second-order valence-electron chi connectivity index (χ2n) is 3.35. The van der Waals surface area contributed by atoms with Gasteiger partial charge in [0.15, 0.2) is 0 Å². The van der Waals surface area contributed by atoms with E-state index in [4.69, 9.17) is 10.2 Å². The molecule has 0 saturated carbocycles. The molecule has 1 aromatic rings. The summed E-state index contributed by atoms with van der Waals surface area (Å²) in [5.41, 5.74) is 7.12. The molecule has 0 aliphatic carbocycles. The smallest absolute Gasteiger partial charge is 0.0950 e. The van der Waals surface area contributed by atoms with Crippen molar-refractivity contribution < 1.29 is 4.42 Å². The molecule has 0 bridgehead atoms. The van der Waals surface area contributed by atoms with E-state index in [2.05, 4.69) is 13.8 Å². The highest BCUT2D eigenvalue weighted by molar-refractivity contribution is 5.11. The topological polar surface area (TPSA) is 39.2 Å². The second kappa shape index (κ2) is 4.31. The first kappa shape index (κ1) is 9.33. The van der Waals surface area contributed by atoms with Gasteiger partial charge in [0.05, 0.1) is 12.5 Å². The minimum absolute atomic E-state index is 0.128. The molecule has 1 rings (SSSR count). The molecule has 2 unspecified atom stereocenters. The lowest BCUT2D eigenvalue weighted by molar-refractivity contribution is 0.429. The van der Waals surface area contributed by atoms with Crippen LogP contribution in [0.25, 0.3) is 0 Å². The van der Waals surface area contributed by atoms with Gasteiger partial charge in [-0.2, -0.15) is 0 Å². The van der Waals surface area contributed by atoms with Crippen molar-refractivity contribution in [2.75, 3.05) is 0 Å². The highest BCUT2D eigenvalue weighted by Gasteiger charge is 2.14. The third-order valence-electron chi connectivity index (χ3n) is 2.29. The summed E-state index contributed by atoms with van der Waals surface area (Å²) in [6.45, 7) is 4.36. The van der Waals surface area contributed by atoms with Gasteiger partial charge in [-0.15, -0.1) is 0 Å². The van der Waals surface area contributed by atoms with Crippen molar-refractivity contribution in [3.63, 3.8) is 0 Å². The Balaban J connectivity index is 2.53. The summed E-state index contributed by atoms with van der Waals surface area (Å²) in [5.74, 6) is 0.535. The molecule has 68 valence electrons. The molecule has 12 heavy (non-hydrogen) atoms. The number of hydrogen-bond acceptors (Lipinski definition) is 2. The summed E-state index contributed by atoms with van der Waals surface area (Å²) in [5, 5.41) is 0. The zero-order chi connectivity index (χ0) is 8.97. The van der Waals surface area contributed by atoms with Gasteiger partial charge in [0.1, 0.15) is 0 Å². The summed E-state index contributed by atoms with van der Waals surface area (Å²) in [6.07, 6.45) is 5.77. The van der Waals surface area contributed by atoms with Gasteiger partial charge in [-0.25, -0.2) is 0 Å². The molecule has 0 spiro atoms. The van der Waals surface area contributed by atoms with E-state index in [0.717, 1.165) is 5.56 Å². The molecule has 0 aliphatic rings. The van der Waals surface area contributed by atoms with Crippen molar-refractivity contribution in [2.45, 2.75) is 32.7 Å². The number of nitrogens with two attached hydrogens (primary N) is 1. The Labute approximate surface area is 73.8 Å². The largest absolute Gasteiger partial charge is 0.472 e. The SMILES string of the molecule is CCCC(C)C(N)c1ccoc1. The molecule has 0 aromatic carbocycles. The molecular formula is C10H17NO. The maximum atomic E-state index is 6.01. The highest BCUT2D eigenvalue weighted by atomic mass is 16.3. The second-order valence-corrected chi connectivity index (χ2v) is 3.35. The molecule has 0 saturated heterocycles. The lowest BCUT2D eigenvalue weighted by atomic mass is 9.93. The first-order valence-electron chi connectivity index (χ1n) is 4.53. The Morgan fingerprint density at radius 2 is 2.33 bits per heavy atom. The van der Waals surface area contributed by atoms with Crippen molar-refractivity contribution in [1.29, 1.82) is 0 Å². The molecule has 2 heteroatoms. The summed E-state index contributed by atoms with van der Waals surface area (Å²) in [6, 6.07) is 2.07. The Morgan fingerprint density at radius 1 is 1.58 bits per heavy atom. The molecule has 2 N–H and O–H groups in total. The fourth-order valence-corrected chi connectivity index (χ4v) is 1.43. The summed E-state index contributed by atoms with van der Waals surface area (Å²) in [4.78, 5) is 0. The van der Waals surface area contributed by atoms with Gasteiger partial charge in [0.2, 0.25) is 0 Å². The summed E-state index contributed by atoms with van der Waals surface area (Å²) in [7, 11) is 0. The third kappa shape index (κ3) is 2.11. The van der Waals surface area contributed by atoms with Crippen molar-refractivity contribution in [2.24, 2.45) is 11.7 Å². The van der Waals surface area contributed by atoms with Crippen LogP contribution in [0.1, 0.15) is 38.3 Å². The van der Waals surface area contributed by atoms with Gasteiger partial charge in [0, 0.05) is 11.6 Å². The van der Waals surface area contributed by atoms with Crippen molar-refractivity contribution >= 4 is 0 Å². The molecule has 1 aromatic heterocycles. The lowest BCUT2D eigenvalue weighted by Gasteiger charge is -2.17. The normalized spacial score (nSPS) is 15.9. The fourth-order valence-electron chi connectivity index (χ4n) is 1.43. The van der Waals surface area contributed by atoms with Gasteiger partial charge in [-0.05, 0) is 18.4 Å². The van der Waals surface area contributed by atoms with E-state index < -0.39 is 0 Å². The van der Waals surface area contributed by atoms with Crippen molar-refractivity contribution in [1.82, 2.24) is 0 Å². The molecule has 0 amide bonds. The number of hydrogen-bond donors (Lipinski definition) is 1. The van der Waals surface area contributed by atoms with Crippen LogP contribution >= 0.6 is 0 Å². The minimum Gasteiger partial charge on any atom is -0.472 e. The van der Waals surface area contributed by atoms with Gasteiger partial charge in [-0.1, -0.05) is 20.3 Å². The zero-order valence-corrected chi connectivity index (χ0v) is 7.79. The van der Waals surface area contributed by atoms with E-state index in [1.807, 2.05) is 6.07 Å². The van der Waals surface area contributed by atoms with Crippen LogP contribution in [0.2, 0.25) is 0 Å². The van der Waals surface area contributed by atoms with E-state index >= 15 is 0 Å². The van der Waals surface area contributed by atoms with Crippen LogP contribution in [0.15, 0.2) is 23.0 Å². The zero-order valence-electron chi connectivity index (χ0n) is 7.79. The molecular weight excluding hydrogens is 150 g/mol. The van der Waals surface area contributed by atoms with Gasteiger partial charge in [-0.3, -0.25) is 0 Å². The van der Waals surface area contributed by atoms with E-state index in [1.165, 1.54) is 12.8 Å². The number of rotatable bonds is 4. The van der Waals surface area contributed by atoms with Gasteiger partial charge < -0.3 is 10.2 Å². The first-order chi connectivity index (χ1) is 5.75. The summed E-state index contributed by atoms with van der Waals surface area (Å²) < 4.78 is 4.98. The van der Waals surface area contributed by atoms with Crippen LogP contribution in [0, 0.1) is 5.92 Å². The minimum atomic E-state index is 0.128. The maximum Gasteiger partial charge on any atom is 0.0950 e. The van der Waals surface area contributed by atoms with Crippen molar-refractivity contribution in [3.8, 4) is 0 Å². The van der Waals surface area contributed by atoms with Crippen LogP contribution in [0.5, 0.6) is 0 Å². The van der Waals surface area contributed by atoms with Crippen LogP contribution in [-0.4, -0.2) is 0 Å². The van der Waals surface area contributed by atoms with Gasteiger partial charge >= 0.3 is 0 Å². The fraction of sp³-hybridized carbons (Fsp3) is 0.600. The Morgan fingerprint density at radius 3 is 2.83 bits per heavy atom. The molecule has 2 nitrogen and oxygen atoms in total. The van der Waals surface area contributed by atoms with Crippen LogP contribution in [-0.2, 0) is 0 Å². The summed E-state index contributed by atoms with van der Waals surface area (Å²) >= 11 is 0. The molecule has 1 heterocycles. The first-order valence-corrected chi connectivity index (χ1v) is 4.53. The average Bonchev–Trinajstić information content (AvgIpc) is 2.55.